The Morgan fingerprint density at radius 1 is 1.07 bits per heavy atom. The maximum Gasteiger partial charge on any atom is 0.434 e. The third-order valence-electron chi connectivity index (χ3n) is 7.92. The molecular formula is C31H40F3N7O4. The van der Waals surface area contributed by atoms with E-state index in [9.17, 15) is 22.8 Å². The fourth-order valence-electron chi connectivity index (χ4n) is 5.44. The number of aromatic nitrogens is 2. The zero-order chi connectivity index (χ0) is 32.6. The molecule has 1 atom stereocenters. The first kappa shape index (κ1) is 33.9. The molecule has 14 heteroatoms. The van der Waals surface area contributed by atoms with Gasteiger partial charge in [-0.1, -0.05) is 25.0 Å². The second-order valence-electron chi connectivity index (χ2n) is 11.3. The summed E-state index contributed by atoms with van der Waals surface area (Å²) in [6.07, 6.45) is 1.51. The van der Waals surface area contributed by atoms with Crippen molar-refractivity contribution in [2.24, 2.45) is 5.73 Å². The van der Waals surface area contributed by atoms with Crippen LogP contribution in [0.25, 0.3) is 5.69 Å². The Labute approximate surface area is 259 Å². The van der Waals surface area contributed by atoms with E-state index in [1.165, 1.54) is 29.8 Å². The third-order valence-corrected chi connectivity index (χ3v) is 7.92. The van der Waals surface area contributed by atoms with Crippen molar-refractivity contribution >= 4 is 23.2 Å². The molecular weight excluding hydrogens is 591 g/mol. The lowest BCUT2D eigenvalue weighted by atomic mass is 9.89. The van der Waals surface area contributed by atoms with E-state index < -0.39 is 29.4 Å². The summed E-state index contributed by atoms with van der Waals surface area (Å²) in [4.78, 5) is 27.0. The number of nitrogens with zero attached hydrogens (tertiary/aromatic N) is 4. The molecule has 2 amide bonds. The van der Waals surface area contributed by atoms with E-state index in [1.807, 2.05) is 18.2 Å². The summed E-state index contributed by atoms with van der Waals surface area (Å²) in [7, 11) is 0. The Bertz CT molecular complexity index is 1420. The number of benzene rings is 2. The van der Waals surface area contributed by atoms with Crippen LogP contribution in [0.4, 0.5) is 24.5 Å². The van der Waals surface area contributed by atoms with E-state index in [0.717, 1.165) is 63.6 Å². The SMILES string of the molecule is CC(N)C(=O)Nc1cccc(C2CCN(CCCCCCNC(=O)c3cnn(-c4ccc(N(O)O)cc4)c3C(F)(F)F)CC2)c1. The summed E-state index contributed by atoms with van der Waals surface area (Å²) in [5.74, 6) is -0.634. The lowest BCUT2D eigenvalue weighted by molar-refractivity contribution is -0.143. The van der Waals surface area contributed by atoms with E-state index in [-0.39, 0.29) is 29.1 Å². The largest absolute Gasteiger partial charge is 0.434 e. The lowest BCUT2D eigenvalue weighted by Gasteiger charge is -2.32. The summed E-state index contributed by atoms with van der Waals surface area (Å²) < 4.78 is 42.4. The van der Waals surface area contributed by atoms with Crippen LogP contribution in [0.15, 0.2) is 54.7 Å². The maximum atomic E-state index is 13.9. The zero-order valence-corrected chi connectivity index (χ0v) is 25.1. The monoisotopic (exact) mass is 631 g/mol. The van der Waals surface area contributed by atoms with Crippen molar-refractivity contribution in [3.63, 3.8) is 0 Å². The quantitative estimate of drug-likeness (QED) is 0.132. The molecule has 1 aromatic heterocycles. The number of hydrogen-bond acceptors (Lipinski definition) is 8. The first-order valence-electron chi connectivity index (χ1n) is 15.0. The van der Waals surface area contributed by atoms with Gasteiger partial charge in [0.1, 0.15) is 0 Å². The fourth-order valence-corrected chi connectivity index (χ4v) is 5.44. The number of halogens is 3. The molecule has 6 N–H and O–H groups in total. The number of anilines is 2. The minimum atomic E-state index is -4.85. The number of nitrogens with one attached hydrogen (secondary N) is 2. The molecule has 0 spiro atoms. The summed E-state index contributed by atoms with van der Waals surface area (Å²) in [6, 6.07) is 12.2. The van der Waals surface area contributed by atoms with Gasteiger partial charge < -0.3 is 21.3 Å². The Morgan fingerprint density at radius 2 is 1.76 bits per heavy atom. The van der Waals surface area contributed by atoms with Gasteiger partial charge in [-0.3, -0.25) is 20.0 Å². The van der Waals surface area contributed by atoms with Crippen LogP contribution < -0.4 is 21.6 Å². The topological polar surface area (TPSA) is 149 Å². The smallest absolute Gasteiger partial charge is 0.352 e. The van der Waals surface area contributed by atoms with Crippen molar-refractivity contribution in [1.29, 1.82) is 0 Å². The molecule has 1 aliphatic rings. The molecule has 1 aliphatic heterocycles. The van der Waals surface area contributed by atoms with Crippen LogP contribution in [0.5, 0.6) is 0 Å². The Kier molecular flexibility index (Phi) is 11.6. The predicted octanol–water partition coefficient (Wildman–Crippen LogP) is 4.93. The van der Waals surface area contributed by atoms with Gasteiger partial charge in [0.05, 0.1) is 29.2 Å². The van der Waals surface area contributed by atoms with E-state index in [1.54, 1.807) is 6.92 Å². The van der Waals surface area contributed by atoms with Gasteiger partial charge in [-0.15, -0.1) is 5.23 Å². The van der Waals surface area contributed by atoms with Gasteiger partial charge in [-0.2, -0.15) is 18.3 Å². The van der Waals surface area contributed by atoms with Crippen molar-refractivity contribution in [2.75, 3.05) is 36.7 Å². The molecule has 1 unspecified atom stereocenters. The number of unbranched alkanes of at least 4 members (excludes halogenated alkanes) is 3. The summed E-state index contributed by atoms with van der Waals surface area (Å²) in [5.41, 5.74) is 5.79. The first-order valence-corrected chi connectivity index (χ1v) is 15.0. The van der Waals surface area contributed by atoms with Crippen LogP contribution in [0.3, 0.4) is 0 Å². The number of nitrogens with two attached hydrogens (primary N) is 1. The van der Waals surface area contributed by atoms with E-state index in [4.69, 9.17) is 16.1 Å². The molecule has 0 aliphatic carbocycles. The van der Waals surface area contributed by atoms with E-state index in [0.29, 0.717) is 17.0 Å². The molecule has 45 heavy (non-hydrogen) atoms. The van der Waals surface area contributed by atoms with Crippen molar-refractivity contribution < 1.29 is 33.2 Å². The van der Waals surface area contributed by atoms with Crippen LogP contribution in [0.2, 0.25) is 0 Å². The minimum absolute atomic E-state index is 0.00779. The number of hydrogen-bond donors (Lipinski definition) is 5. The minimum Gasteiger partial charge on any atom is -0.352 e. The van der Waals surface area contributed by atoms with Crippen molar-refractivity contribution in [3.8, 4) is 5.69 Å². The van der Waals surface area contributed by atoms with Crippen molar-refractivity contribution in [3.05, 3.63) is 71.5 Å². The number of carbonyl (C=O) groups excluding carboxylic acids is 2. The summed E-state index contributed by atoms with van der Waals surface area (Å²) in [6.45, 7) is 4.83. The summed E-state index contributed by atoms with van der Waals surface area (Å²) >= 11 is 0. The molecule has 1 saturated heterocycles. The van der Waals surface area contributed by atoms with Gasteiger partial charge in [0.15, 0.2) is 5.69 Å². The summed E-state index contributed by atoms with van der Waals surface area (Å²) in [5, 5.41) is 27.2. The third kappa shape index (κ3) is 9.26. The molecule has 3 aromatic rings. The molecule has 0 saturated carbocycles. The number of rotatable bonds is 13. The van der Waals surface area contributed by atoms with Crippen LogP contribution in [-0.4, -0.2) is 69.1 Å². The average Bonchev–Trinajstić information content (AvgIpc) is 3.47. The second kappa shape index (κ2) is 15.3. The highest BCUT2D eigenvalue weighted by atomic mass is 19.4. The number of piperidine rings is 1. The Morgan fingerprint density at radius 3 is 2.40 bits per heavy atom. The molecule has 11 nitrogen and oxygen atoms in total. The van der Waals surface area contributed by atoms with E-state index in [2.05, 4.69) is 26.7 Å². The number of amides is 2. The Hall–Kier alpha value is -3.98. The highest BCUT2D eigenvalue weighted by Gasteiger charge is 2.40. The standard InChI is InChI=1S/C31H40F3N7O4/c1-21(35)29(42)38-24-8-6-7-23(19-24)22-13-17-39(18-14-22)16-5-3-2-4-15-36-30(43)27-20-37-40(28(27)31(32,33)34)25-9-11-26(12-10-25)41(44)45/h6-12,19-22,44-45H,2-5,13-18,35H2,1H3,(H,36,43)(H,38,42). The predicted molar refractivity (Wildman–Crippen MR) is 163 cm³/mol. The number of likely N-dealkylation sites (tertiary alicyclic amines) is 1. The highest BCUT2D eigenvalue weighted by Crippen LogP contribution is 2.34. The normalized spacial score (nSPS) is 15.1. The number of alkyl halides is 3. The second-order valence-corrected chi connectivity index (χ2v) is 11.3. The average molecular weight is 632 g/mol. The fraction of sp³-hybridized carbons (Fsp3) is 0.452. The Balaban J connectivity index is 1.16. The molecule has 2 aromatic carbocycles. The first-order chi connectivity index (χ1) is 21.4. The molecule has 2 heterocycles. The zero-order valence-electron chi connectivity index (χ0n) is 25.1. The molecule has 244 valence electrons. The van der Waals surface area contributed by atoms with Gasteiger partial charge in [-0.25, -0.2) is 4.68 Å². The molecule has 0 bridgehead atoms. The number of carbonyl (C=O) groups is 2. The molecule has 0 radical (unpaired) electrons. The van der Waals surface area contributed by atoms with Gasteiger partial charge in [0.2, 0.25) is 5.91 Å². The van der Waals surface area contributed by atoms with Gasteiger partial charge in [0, 0.05) is 12.2 Å². The highest BCUT2D eigenvalue weighted by molar-refractivity contribution is 5.95. The van der Waals surface area contributed by atoms with Gasteiger partial charge in [-0.05, 0) is 100 Å². The van der Waals surface area contributed by atoms with Crippen LogP contribution >= 0.6 is 0 Å². The molecule has 4 rings (SSSR count). The van der Waals surface area contributed by atoms with Gasteiger partial charge >= 0.3 is 6.18 Å². The van der Waals surface area contributed by atoms with Crippen LogP contribution in [0, 0.1) is 0 Å². The van der Waals surface area contributed by atoms with E-state index >= 15 is 0 Å². The van der Waals surface area contributed by atoms with Crippen LogP contribution in [0.1, 0.15) is 73.0 Å². The maximum absolute atomic E-state index is 13.9. The van der Waals surface area contributed by atoms with Gasteiger partial charge in [0.25, 0.3) is 5.91 Å². The van der Waals surface area contributed by atoms with Crippen LogP contribution in [-0.2, 0) is 11.0 Å². The van der Waals surface area contributed by atoms with Crippen molar-refractivity contribution in [1.82, 2.24) is 20.0 Å². The lowest BCUT2D eigenvalue weighted by Crippen LogP contribution is -2.34. The van der Waals surface area contributed by atoms with Crippen molar-refractivity contribution in [2.45, 2.75) is 63.6 Å². The molecule has 1 fully saturated rings.